The summed E-state index contributed by atoms with van der Waals surface area (Å²) in [6.45, 7) is 6.43. The largest absolute Gasteiger partial charge is 0.465 e. The summed E-state index contributed by atoms with van der Waals surface area (Å²) in [6, 6.07) is 24.1. The van der Waals surface area contributed by atoms with Gasteiger partial charge in [0.15, 0.2) is 11.6 Å². The fourth-order valence-electron chi connectivity index (χ4n) is 6.20. The molecule has 3 atom stereocenters. The molecular formula is C35H43F2N3O3. The van der Waals surface area contributed by atoms with E-state index < -0.39 is 17.7 Å². The molecular weight excluding hydrogens is 548 g/mol. The summed E-state index contributed by atoms with van der Waals surface area (Å²) in [5.41, 5.74) is 2.90. The number of carbonyl (C=O) groups excluding carboxylic acids is 1. The van der Waals surface area contributed by atoms with Gasteiger partial charge in [-0.15, -0.1) is 0 Å². The van der Waals surface area contributed by atoms with E-state index in [1.807, 2.05) is 67.4 Å². The van der Waals surface area contributed by atoms with Gasteiger partial charge < -0.3 is 19.8 Å². The van der Waals surface area contributed by atoms with Crippen LogP contribution in [0.2, 0.25) is 0 Å². The second-order valence-corrected chi connectivity index (χ2v) is 11.9. The molecule has 1 aliphatic heterocycles. The van der Waals surface area contributed by atoms with E-state index in [0.717, 1.165) is 56.4 Å². The average Bonchev–Trinajstić information content (AvgIpc) is 3.81. The molecule has 1 N–H and O–H groups in total. The zero-order chi connectivity index (χ0) is 31.1. The first-order valence-electron chi connectivity index (χ1n) is 15.0. The summed E-state index contributed by atoms with van der Waals surface area (Å²) in [5.74, 6) is -0.518. The van der Waals surface area contributed by atoms with Crippen molar-refractivity contribution >= 4 is 12.0 Å². The van der Waals surface area contributed by atoms with Crippen LogP contribution >= 0.6 is 0 Å². The normalized spacial score (nSPS) is 19.9. The topological polar surface area (TPSA) is 64.1 Å². The van der Waals surface area contributed by atoms with Crippen LogP contribution in [0.4, 0.5) is 13.6 Å². The lowest BCUT2D eigenvalue weighted by Gasteiger charge is -2.47. The fourth-order valence-corrected chi connectivity index (χ4v) is 6.20. The molecule has 1 heterocycles. The van der Waals surface area contributed by atoms with Gasteiger partial charge in [-0.2, -0.15) is 0 Å². The van der Waals surface area contributed by atoms with Crippen LogP contribution < -0.4 is 0 Å². The van der Waals surface area contributed by atoms with Crippen LogP contribution in [-0.4, -0.2) is 65.5 Å². The number of hydrogen-bond acceptors (Lipinski definition) is 3. The molecule has 6 nitrogen and oxygen atoms in total. The van der Waals surface area contributed by atoms with Crippen molar-refractivity contribution in [1.82, 2.24) is 14.7 Å². The van der Waals surface area contributed by atoms with Gasteiger partial charge in [-0.3, -0.25) is 4.79 Å². The minimum Gasteiger partial charge on any atom is -0.465 e. The van der Waals surface area contributed by atoms with Gasteiger partial charge in [0.1, 0.15) is 0 Å². The Morgan fingerprint density at radius 1 is 0.953 bits per heavy atom. The average molecular weight is 592 g/mol. The molecule has 3 aromatic carbocycles. The highest BCUT2D eigenvalue weighted by atomic mass is 19.2. The molecule has 0 spiro atoms. The molecule has 8 heteroatoms. The first-order valence-corrected chi connectivity index (χ1v) is 15.0. The highest BCUT2D eigenvalue weighted by Crippen LogP contribution is 2.50. The number of benzene rings is 3. The van der Waals surface area contributed by atoms with E-state index in [1.54, 1.807) is 20.0 Å². The Kier molecular flexibility index (Phi) is 10.6. The zero-order valence-corrected chi connectivity index (χ0v) is 25.5. The molecule has 2 aliphatic rings. The van der Waals surface area contributed by atoms with E-state index in [0.29, 0.717) is 11.8 Å². The maximum Gasteiger partial charge on any atom is 0.407 e. The Labute approximate surface area is 253 Å². The summed E-state index contributed by atoms with van der Waals surface area (Å²) >= 11 is 0. The highest BCUT2D eigenvalue weighted by Gasteiger charge is 2.42. The summed E-state index contributed by atoms with van der Waals surface area (Å²) in [6.07, 6.45) is 3.07. The van der Waals surface area contributed by atoms with Crippen molar-refractivity contribution in [2.24, 2.45) is 5.92 Å². The van der Waals surface area contributed by atoms with E-state index >= 15 is 0 Å². The van der Waals surface area contributed by atoms with Crippen molar-refractivity contribution in [3.05, 3.63) is 107 Å². The van der Waals surface area contributed by atoms with Crippen LogP contribution in [0.15, 0.2) is 78.9 Å². The van der Waals surface area contributed by atoms with Crippen LogP contribution in [0, 0.1) is 17.6 Å². The molecule has 2 fully saturated rings. The molecule has 1 saturated heterocycles. The third-order valence-electron chi connectivity index (χ3n) is 9.38. The van der Waals surface area contributed by atoms with Crippen LogP contribution in [0.1, 0.15) is 68.2 Å². The second-order valence-electron chi connectivity index (χ2n) is 11.9. The molecule has 1 saturated carbocycles. The van der Waals surface area contributed by atoms with Gasteiger partial charge in [0.2, 0.25) is 5.91 Å². The van der Waals surface area contributed by atoms with E-state index in [9.17, 15) is 18.4 Å². The van der Waals surface area contributed by atoms with E-state index in [-0.39, 0.29) is 17.5 Å². The molecule has 2 amide bonds. The molecule has 0 unspecified atom stereocenters. The number of likely N-dealkylation sites (tertiary alicyclic amines) is 1. The third-order valence-corrected chi connectivity index (χ3v) is 9.38. The zero-order valence-electron chi connectivity index (χ0n) is 25.5. The Hall–Kier alpha value is -3.78. The van der Waals surface area contributed by atoms with Crippen molar-refractivity contribution in [1.29, 1.82) is 0 Å². The number of carbonyl (C=O) groups is 2. The maximum atomic E-state index is 13.5. The summed E-state index contributed by atoms with van der Waals surface area (Å²) in [5, 5.41) is 8.74. The first kappa shape index (κ1) is 32.1. The predicted molar refractivity (Wildman–Crippen MR) is 165 cm³/mol. The lowest BCUT2D eigenvalue weighted by Crippen LogP contribution is -2.53. The number of rotatable bonds is 8. The van der Waals surface area contributed by atoms with E-state index in [1.165, 1.54) is 22.6 Å². The van der Waals surface area contributed by atoms with Gasteiger partial charge in [-0.1, -0.05) is 66.7 Å². The van der Waals surface area contributed by atoms with Gasteiger partial charge in [0.05, 0.1) is 11.6 Å². The Morgan fingerprint density at radius 3 is 2.12 bits per heavy atom. The van der Waals surface area contributed by atoms with Gasteiger partial charge >= 0.3 is 6.09 Å². The minimum absolute atomic E-state index is 0.0969. The number of amides is 2. The van der Waals surface area contributed by atoms with Crippen molar-refractivity contribution < 1.29 is 23.5 Å². The third kappa shape index (κ3) is 7.79. The minimum atomic E-state index is -0.906. The number of nitrogens with zero attached hydrogens (tertiary/aromatic N) is 3. The van der Waals surface area contributed by atoms with Gasteiger partial charge in [0, 0.05) is 34.1 Å². The van der Waals surface area contributed by atoms with Crippen molar-refractivity contribution in [2.45, 2.75) is 57.0 Å². The summed E-state index contributed by atoms with van der Waals surface area (Å²) < 4.78 is 26.7. The maximum absolute atomic E-state index is 13.5. The van der Waals surface area contributed by atoms with Crippen LogP contribution in [-0.2, 0) is 10.3 Å². The standard InChI is InChI=1S/C25H30F2N2O.C10H13NO2/c1-18(30)28(2)25(21-6-4-3-5-7-21)11-14-29(15-12-25)13-10-20-16-22(20)19-8-9-23(26)24(27)17-19;1-8(11(2)10(12)13)9-6-4-3-5-7-9/h3-9,17,20,22H,10-16H2,1-2H3;3-8H,1-2H3,(H,12,13)/t20-,22+;8-/m00/s1. The Balaban J connectivity index is 0.000000273. The lowest BCUT2D eigenvalue weighted by molar-refractivity contribution is -0.136. The number of piperidine rings is 1. The Morgan fingerprint density at radius 2 is 1.56 bits per heavy atom. The molecule has 230 valence electrons. The first-order chi connectivity index (χ1) is 20.5. The molecule has 0 aromatic heterocycles. The second kappa shape index (κ2) is 14.1. The van der Waals surface area contributed by atoms with Gasteiger partial charge in [0.25, 0.3) is 0 Å². The number of halogens is 2. The molecule has 0 bridgehead atoms. The van der Waals surface area contributed by atoms with Crippen molar-refractivity contribution in [2.75, 3.05) is 33.7 Å². The molecule has 43 heavy (non-hydrogen) atoms. The monoisotopic (exact) mass is 591 g/mol. The van der Waals surface area contributed by atoms with Crippen molar-refractivity contribution in [3.63, 3.8) is 0 Å². The molecule has 3 aromatic rings. The molecule has 5 rings (SSSR count). The fraction of sp³-hybridized carbons (Fsp3) is 0.429. The van der Waals surface area contributed by atoms with Gasteiger partial charge in [-0.25, -0.2) is 13.6 Å². The summed E-state index contributed by atoms with van der Waals surface area (Å²) in [4.78, 5) is 28.5. The van der Waals surface area contributed by atoms with Crippen molar-refractivity contribution in [3.8, 4) is 0 Å². The lowest BCUT2D eigenvalue weighted by atomic mass is 9.79. The molecule has 1 aliphatic carbocycles. The van der Waals surface area contributed by atoms with Crippen LogP contribution in [0.3, 0.4) is 0 Å². The predicted octanol–water partition coefficient (Wildman–Crippen LogP) is 7.29. The summed E-state index contributed by atoms with van der Waals surface area (Å²) in [7, 11) is 3.49. The number of hydrogen-bond donors (Lipinski definition) is 1. The SMILES string of the molecule is CC(=O)N(C)C1(c2ccccc2)CCN(CC[C@H]2C[C@@H]2c2ccc(F)c(F)c2)CC1.C[C@@H](c1ccccc1)N(C)C(=O)O. The highest BCUT2D eigenvalue weighted by molar-refractivity contribution is 5.74. The quantitative estimate of drug-likeness (QED) is 0.299. The van der Waals surface area contributed by atoms with E-state index in [2.05, 4.69) is 17.0 Å². The van der Waals surface area contributed by atoms with Gasteiger partial charge in [-0.05, 0) is 79.8 Å². The van der Waals surface area contributed by atoms with Crippen LogP contribution in [0.25, 0.3) is 0 Å². The van der Waals surface area contributed by atoms with Crippen LogP contribution in [0.5, 0.6) is 0 Å². The smallest absolute Gasteiger partial charge is 0.407 e. The Bertz CT molecular complexity index is 1360. The molecule has 0 radical (unpaired) electrons. The van der Waals surface area contributed by atoms with E-state index in [4.69, 9.17) is 5.11 Å². The number of carboxylic acid groups (broad SMARTS) is 1.